The maximum Gasteiger partial charge on any atom is 0.344 e. The maximum absolute atomic E-state index is 12.8. The Bertz CT molecular complexity index is 1210. The number of rotatable bonds is 6. The van der Waals surface area contributed by atoms with Crippen molar-refractivity contribution < 1.29 is 19.2 Å². The second-order valence-corrected chi connectivity index (χ2v) is 7.69. The molecule has 8 heteroatoms. The van der Waals surface area contributed by atoms with Crippen molar-refractivity contribution in [2.45, 2.75) is 18.9 Å². The van der Waals surface area contributed by atoms with Gasteiger partial charge in [0, 0.05) is 0 Å². The van der Waals surface area contributed by atoms with E-state index in [-0.39, 0.29) is 18.9 Å². The van der Waals surface area contributed by atoms with Gasteiger partial charge in [-0.05, 0) is 28.8 Å². The summed E-state index contributed by atoms with van der Waals surface area (Å²) in [6, 6.07) is 21.4. The molecule has 0 aromatic heterocycles. The molecule has 4 rings (SSSR count). The second kappa shape index (κ2) is 8.50. The number of hydrogen-bond donors (Lipinski definition) is 3. The van der Waals surface area contributed by atoms with Gasteiger partial charge in [0.2, 0.25) is 5.91 Å². The SMILES string of the molecule is C[C@]1(c2ccccc2)NC(=O)N(NC(=O)CNC(=O)Cc2cccc3ccccc23)C1=O. The van der Waals surface area contributed by atoms with Gasteiger partial charge in [-0.3, -0.25) is 19.8 Å². The van der Waals surface area contributed by atoms with Gasteiger partial charge < -0.3 is 10.6 Å². The summed E-state index contributed by atoms with van der Waals surface area (Å²) < 4.78 is 0. The number of hydrazine groups is 1. The van der Waals surface area contributed by atoms with Crippen molar-refractivity contribution >= 4 is 34.5 Å². The molecule has 1 atom stereocenters. The molecule has 162 valence electrons. The largest absolute Gasteiger partial charge is 0.347 e. The fourth-order valence-corrected chi connectivity index (χ4v) is 3.73. The number of imide groups is 1. The van der Waals surface area contributed by atoms with Crippen LogP contribution in [0.4, 0.5) is 4.79 Å². The molecule has 8 nitrogen and oxygen atoms in total. The Balaban J connectivity index is 1.35. The Morgan fingerprint density at radius 2 is 1.59 bits per heavy atom. The minimum absolute atomic E-state index is 0.101. The number of benzene rings is 3. The molecule has 0 unspecified atom stereocenters. The predicted octanol–water partition coefficient (Wildman–Crippen LogP) is 2.00. The quantitative estimate of drug-likeness (QED) is 0.520. The fourth-order valence-electron chi connectivity index (χ4n) is 3.73. The van der Waals surface area contributed by atoms with E-state index in [0.717, 1.165) is 16.3 Å². The number of carbonyl (C=O) groups excluding carboxylic acids is 4. The predicted molar refractivity (Wildman–Crippen MR) is 118 cm³/mol. The molecule has 3 aromatic carbocycles. The second-order valence-electron chi connectivity index (χ2n) is 7.69. The first kappa shape index (κ1) is 21.0. The summed E-state index contributed by atoms with van der Waals surface area (Å²) in [5.74, 6) is -1.64. The highest BCUT2D eigenvalue weighted by atomic mass is 16.2. The number of nitrogens with one attached hydrogen (secondary N) is 3. The van der Waals surface area contributed by atoms with E-state index in [1.54, 1.807) is 37.3 Å². The number of urea groups is 1. The summed E-state index contributed by atoms with van der Waals surface area (Å²) in [4.78, 5) is 49.8. The van der Waals surface area contributed by atoms with Gasteiger partial charge in [-0.2, -0.15) is 5.01 Å². The number of hydrogen-bond acceptors (Lipinski definition) is 4. The molecular weight excluding hydrogens is 408 g/mol. The van der Waals surface area contributed by atoms with E-state index in [1.807, 2.05) is 42.5 Å². The smallest absolute Gasteiger partial charge is 0.344 e. The van der Waals surface area contributed by atoms with E-state index in [2.05, 4.69) is 16.1 Å². The third kappa shape index (κ3) is 4.02. The van der Waals surface area contributed by atoms with Crippen LogP contribution in [0.2, 0.25) is 0 Å². The first-order valence-electron chi connectivity index (χ1n) is 10.1. The van der Waals surface area contributed by atoms with Gasteiger partial charge in [0.1, 0.15) is 5.54 Å². The van der Waals surface area contributed by atoms with Crippen molar-refractivity contribution in [1.29, 1.82) is 0 Å². The summed E-state index contributed by atoms with van der Waals surface area (Å²) in [6.07, 6.45) is 0.101. The third-order valence-electron chi connectivity index (χ3n) is 5.46. The molecule has 0 saturated carbocycles. The van der Waals surface area contributed by atoms with Crippen LogP contribution in [0.5, 0.6) is 0 Å². The molecule has 3 aromatic rings. The van der Waals surface area contributed by atoms with Crippen LogP contribution < -0.4 is 16.1 Å². The van der Waals surface area contributed by atoms with E-state index >= 15 is 0 Å². The lowest BCUT2D eigenvalue weighted by molar-refractivity contribution is -0.138. The summed E-state index contributed by atoms with van der Waals surface area (Å²) in [5.41, 5.74) is 2.42. The Morgan fingerprint density at radius 1 is 0.906 bits per heavy atom. The Hall–Kier alpha value is -4.20. The molecule has 0 aliphatic carbocycles. The van der Waals surface area contributed by atoms with Crippen molar-refractivity contribution in [2.24, 2.45) is 0 Å². The van der Waals surface area contributed by atoms with Gasteiger partial charge in [-0.15, -0.1) is 0 Å². The molecule has 1 heterocycles. The number of amides is 5. The van der Waals surface area contributed by atoms with E-state index in [4.69, 9.17) is 0 Å². The lowest BCUT2D eigenvalue weighted by Gasteiger charge is -2.22. The molecule has 3 N–H and O–H groups in total. The third-order valence-corrected chi connectivity index (χ3v) is 5.46. The molecule has 1 fully saturated rings. The Kier molecular flexibility index (Phi) is 5.59. The monoisotopic (exact) mass is 430 g/mol. The van der Waals surface area contributed by atoms with Crippen molar-refractivity contribution in [2.75, 3.05) is 6.54 Å². The average Bonchev–Trinajstić information content (AvgIpc) is 3.02. The van der Waals surface area contributed by atoms with Crippen LogP contribution in [0.25, 0.3) is 10.8 Å². The van der Waals surface area contributed by atoms with Gasteiger partial charge in [0.15, 0.2) is 0 Å². The number of fused-ring (bicyclic) bond motifs is 1. The first-order chi connectivity index (χ1) is 15.4. The van der Waals surface area contributed by atoms with Crippen molar-refractivity contribution in [3.05, 3.63) is 83.9 Å². The summed E-state index contributed by atoms with van der Waals surface area (Å²) in [7, 11) is 0. The van der Waals surface area contributed by atoms with Gasteiger partial charge in [-0.1, -0.05) is 72.8 Å². The van der Waals surface area contributed by atoms with Crippen molar-refractivity contribution in [3.63, 3.8) is 0 Å². The molecule has 5 amide bonds. The van der Waals surface area contributed by atoms with Gasteiger partial charge in [-0.25, -0.2) is 4.79 Å². The number of carbonyl (C=O) groups is 4. The van der Waals surface area contributed by atoms with Crippen LogP contribution in [0, 0.1) is 0 Å². The molecule has 0 spiro atoms. The average molecular weight is 430 g/mol. The van der Waals surface area contributed by atoms with Crippen LogP contribution in [-0.2, 0) is 26.3 Å². The Morgan fingerprint density at radius 3 is 2.38 bits per heavy atom. The fraction of sp³-hybridized carbons (Fsp3) is 0.167. The molecule has 32 heavy (non-hydrogen) atoms. The van der Waals surface area contributed by atoms with Crippen molar-refractivity contribution in [1.82, 2.24) is 21.1 Å². The molecule has 1 aliphatic heterocycles. The topological polar surface area (TPSA) is 108 Å². The van der Waals surface area contributed by atoms with Gasteiger partial charge >= 0.3 is 6.03 Å². The standard InChI is InChI=1S/C24H22N4O4/c1-24(18-11-3-2-4-12-18)22(31)28(23(32)26-24)27-21(30)15-25-20(29)14-17-10-7-9-16-8-5-6-13-19(16)17/h2-13H,14-15H2,1H3,(H,25,29)(H,26,32)(H,27,30)/t24-/m1/s1. The van der Waals surface area contributed by atoms with Crippen LogP contribution in [0.3, 0.4) is 0 Å². The van der Waals surface area contributed by atoms with E-state index in [0.29, 0.717) is 10.6 Å². The van der Waals surface area contributed by atoms with Crippen LogP contribution >= 0.6 is 0 Å². The van der Waals surface area contributed by atoms with E-state index in [1.165, 1.54) is 0 Å². The summed E-state index contributed by atoms with van der Waals surface area (Å²) in [6.45, 7) is 1.20. The molecule has 0 bridgehead atoms. The lowest BCUT2D eigenvalue weighted by Crippen LogP contribution is -2.50. The minimum atomic E-state index is -1.29. The van der Waals surface area contributed by atoms with Gasteiger partial charge in [0.05, 0.1) is 13.0 Å². The minimum Gasteiger partial charge on any atom is -0.347 e. The van der Waals surface area contributed by atoms with Crippen LogP contribution in [0.15, 0.2) is 72.8 Å². The van der Waals surface area contributed by atoms with Crippen LogP contribution in [0.1, 0.15) is 18.1 Å². The number of nitrogens with zero attached hydrogens (tertiary/aromatic N) is 1. The van der Waals surface area contributed by atoms with Gasteiger partial charge in [0.25, 0.3) is 11.8 Å². The summed E-state index contributed by atoms with van der Waals surface area (Å²) in [5, 5.41) is 7.77. The van der Waals surface area contributed by atoms with E-state index < -0.39 is 23.4 Å². The molecular formula is C24H22N4O4. The zero-order valence-corrected chi connectivity index (χ0v) is 17.4. The van der Waals surface area contributed by atoms with Crippen molar-refractivity contribution in [3.8, 4) is 0 Å². The Labute approximate surface area is 184 Å². The maximum atomic E-state index is 12.8. The highest BCUT2D eigenvalue weighted by Gasteiger charge is 2.49. The molecule has 1 aliphatic rings. The molecule has 0 radical (unpaired) electrons. The zero-order chi connectivity index (χ0) is 22.7. The van der Waals surface area contributed by atoms with Crippen LogP contribution in [-0.4, -0.2) is 35.3 Å². The normalized spacial score (nSPS) is 17.8. The molecule has 1 saturated heterocycles. The lowest BCUT2D eigenvalue weighted by atomic mass is 9.92. The zero-order valence-electron chi connectivity index (χ0n) is 17.4. The summed E-state index contributed by atoms with van der Waals surface area (Å²) >= 11 is 0. The first-order valence-corrected chi connectivity index (χ1v) is 10.1. The van der Waals surface area contributed by atoms with E-state index in [9.17, 15) is 19.2 Å². The highest BCUT2D eigenvalue weighted by molar-refractivity contribution is 6.08. The highest BCUT2D eigenvalue weighted by Crippen LogP contribution is 2.27.